The van der Waals surface area contributed by atoms with Crippen molar-refractivity contribution in [2.45, 2.75) is 6.54 Å². The summed E-state index contributed by atoms with van der Waals surface area (Å²) in [4.78, 5) is 6.04. The maximum Gasteiger partial charge on any atom is 0.220 e. The number of rotatable bonds is 0. The van der Waals surface area contributed by atoms with Crippen LogP contribution in [0.15, 0.2) is 24.3 Å². The molecule has 2 aromatic rings. The molecule has 0 unspecified atom stereocenters. The lowest BCUT2D eigenvalue weighted by molar-refractivity contribution is 0.826. The third kappa shape index (κ3) is 0.787. The minimum Gasteiger partial charge on any atom is -0.307 e. The van der Waals surface area contributed by atoms with Crippen LogP contribution in [0.2, 0.25) is 0 Å². The van der Waals surface area contributed by atoms with E-state index in [-0.39, 0.29) is 0 Å². The van der Waals surface area contributed by atoms with Crippen LogP contribution in [0.5, 0.6) is 0 Å². The number of benzene rings is 1. The summed E-state index contributed by atoms with van der Waals surface area (Å²) in [6, 6.07) is 7.96. The van der Waals surface area contributed by atoms with E-state index in [1.54, 1.807) is 4.90 Å². The molecule has 0 saturated carbocycles. The highest BCUT2D eigenvalue weighted by molar-refractivity contribution is 5.79. The second kappa shape index (κ2) is 2.48. The Morgan fingerprint density at radius 3 is 3.00 bits per heavy atom. The van der Waals surface area contributed by atoms with Gasteiger partial charge in [-0.15, -0.1) is 0 Å². The normalized spacial score (nSPS) is 14.4. The van der Waals surface area contributed by atoms with E-state index in [4.69, 9.17) is 5.26 Å². The van der Waals surface area contributed by atoms with Gasteiger partial charge in [-0.05, 0) is 12.1 Å². The molecule has 0 bridgehead atoms. The molecule has 3 rings (SSSR count). The lowest BCUT2D eigenvalue weighted by Gasteiger charge is -2.00. The maximum atomic E-state index is 8.86. The van der Waals surface area contributed by atoms with Crippen molar-refractivity contribution in [3.05, 3.63) is 24.3 Å². The fourth-order valence-corrected chi connectivity index (χ4v) is 1.88. The van der Waals surface area contributed by atoms with Gasteiger partial charge < -0.3 is 4.57 Å². The van der Waals surface area contributed by atoms with Gasteiger partial charge in [-0.3, -0.25) is 0 Å². The highest BCUT2D eigenvalue weighted by Crippen LogP contribution is 2.26. The van der Waals surface area contributed by atoms with Gasteiger partial charge >= 0.3 is 0 Å². The van der Waals surface area contributed by atoms with E-state index in [9.17, 15) is 0 Å². The lowest BCUT2D eigenvalue weighted by atomic mass is 10.3. The highest BCUT2D eigenvalue weighted by Gasteiger charge is 2.22. The standard InChI is InChI=1S/C10H8N4/c11-7-13-5-6-14-9-4-2-1-3-8(9)12-10(13)14/h1-4H,5-6H2. The summed E-state index contributed by atoms with van der Waals surface area (Å²) in [6.45, 7) is 1.59. The van der Waals surface area contributed by atoms with E-state index in [0.717, 1.165) is 30.1 Å². The Morgan fingerprint density at radius 1 is 1.29 bits per heavy atom. The van der Waals surface area contributed by atoms with Crippen molar-refractivity contribution in [2.75, 3.05) is 11.4 Å². The number of nitrogens with zero attached hydrogens (tertiary/aromatic N) is 4. The average molecular weight is 184 g/mol. The van der Waals surface area contributed by atoms with Gasteiger partial charge in [0.25, 0.3) is 0 Å². The van der Waals surface area contributed by atoms with Crippen LogP contribution >= 0.6 is 0 Å². The van der Waals surface area contributed by atoms with E-state index in [0.29, 0.717) is 0 Å². The fraction of sp³-hybridized carbons (Fsp3) is 0.200. The average Bonchev–Trinajstić information content (AvgIpc) is 2.75. The molecule has 14 heavy (non-hydrogen) atoms. The van der Waals surface area contributed by atoms with Crippen molar-refractivity contribution in [1.82, 2.24) is 9.55 Å². The highest BCUT2D eigenvalue weighted by atomic mass is 15.4. The first kappa shape index (κ1) is 7.39. The molecule has 0 fully saturated rings. The van der Waals surface area contributed by atoms with Gasteiger partial charge in [-0.1, -0.05) is 12.1 Å². The molecule has 0 amide bonds. The first-order valence-electron chi connectivity index (χ1n) is 4.53. The van der Waals surface area contributed by atoms with Crippen LogP contribution < -0.4 is 4.90 Å². The number of imidazole rings is 1. The van der Waals surface area contributed by atoms with Gasteiger partial charge in [0.15, 0.2) is 6.19 Å². The van der Waals surface area contributed by atoms with Gasteiger partial charge in [0.1, 0.15) is 0 Å². The van der Waals surface area contributed by atoms with Crippen molar-refractivity contribution in [3.63, 3.8) is 0 Å². The van der Waals surface area contributed by atoms with Gasteiger partial charge in [-0.25, -0.2) is 9.88 Å². The van der Waals surface area contributed by atoms with Crippen LogP contribution in [0, 0.1) is 11.5 Å². The Bertz CT molecular complexity index is 535. The van der Waals surface area contributed by atoms with Crippen molar-refractivity contribution >= 4 is 17.0 Å². The molecular weight excluding hydrogens is 176 g/mol. The van der Waals surface area contributed by atoms with Crippen LogP contribution in [0.25, 0.3) is 11.0 Å². The molecule has 0 spiro atoms. The second-order valence-corrected chi connectivity index (χ2v) is 3.30. The fourth-order valence-electron chi connectivity index (χ4n) is 1.88. The Morgan fingerprint density at radius 2 is 2.14 bits per heavy atom. The molecule has 1 aromatic carbocycles. The van der Waals surface area contributed by atoms with Crippen LogP contribution in [-0.2, 0) is 6.54 Å². The van der Waals surface area contributed by atoms with Gasteiger partial charge in [-0.2, -0.15) is 5.26 Å². The first-order chi connectivity index (χ1) is 6.90. The third-order valence-electron chi connectivity index (χ3n) is 2.54. The minimum atomic E-state index is 0.740. The van der Waals surface area contributed by atoms with Crippen molar-refractivity contribution in [2.24, 2.45) is 0 Å². The summed E-state index contributed by atoms with van der Waals surface area (Å²) >= 11 is 0. The van der Waals surface area contributed by atoms with Crippen LogP contribution in [-0.4, -0.2) is 16.1 Å². The monoisotopic (exact) mass is 184 g/mol. The third-order valence-corrected chi connectivity index (χ3v) is 2.54. The Labute approximate surface area is 81.0 Å². The van der Waals surface area contributed by atoms with Crippen LogP contribution in [0.4, 0.5) is 5.95 Å². The minimum absolute atomic E-state index is 0.740. The largest absolute Gasteiger partial charge is 0.307 e. The van der Waals surface area contributed by atoms with Gasteiger partial charge in [0, 0.05) is 6.54 Å². The Kier molecular flexibility index (Phi) is 1.31. The topological polar surface area (TPSA) is 44.9 Å². The summed E-state index contributed by atoms with van der Waals surface area (Å²) in [6.07, 6.45) is 2.13. The van der Waals surface area contributed by atoms with Crippen molar-refractivity contribution < 1.29 is 0 Å². The number of anilines is 1. The number of fused-ring (bicyclic) bond motifs is 3. The van der Waals surface area contributed by atoms with Crippen molar-refractivity contribution in [3.8, 4) is 6.19 Å². The SMILES string of the molecule is N#CN1CCn2c1nc1ccccc12. The zero-order valence-electron chi connectivity index (χ0n) is 7.51. The molecule has 1 aromatic heterocycles. The number of nitriles is 1. The van der Waals surface area contributed by atoms with Crippen molar-refractivity contribution in [1.29, 1.82) is 5.26 Å². The summed E-state index contributed by atoms with van der Waals surface area (Å²) in [5.41, 5.74) is 2.07. The summed E-state index contributed by atoms with van der Waals surface area (Å²) < 4.78 is 2.08. The maximum absolute atomic E-state index is 8.86. The summed E-state index contributed by atoms with van der Waals surface area (Å²) in [7, 11) is 0. The molecule has 1 aliphatic rings. The summed E-state index contributed by atoms with van der Waals surface area (Å²) in [5, 5.41) is 8.86. The zero-order chi connectivity index (χ0) is 9.54. The predicted molar refractivity (Wildman–Crippen MR) is 52.7 cm³/mol. The van der Waals surface area contributed by atoms with Gasteiger partial charge in [0.2, 0.25) is 5.95 Å². The molecule has 0 N–H and O–H groups in total. The molecule has 2 heterocycles. The second-order valence-electron chi connectivity index (χ2n) is 3.30. The number of hydrogen-bond acceptors (Lipinski definition) is 3. The Hall–Kier alpha value is -2.02. The summed E-state index contributed by atoms with van der Waals surface area (Å²) in [5.74, 6) is 0.772. The van der Waals surface area contributed by atoms with E-state index >= 15 is 0 Å². The molecule has 68 valence electrons. The molecule has 4 heteroatoms. The first-order valence-corrected chi connectivity index (χ1v) is 4.53. The molecule has 0 saturated heterocycles. The number of para-hydroxylation sites is 2. The number of aromatic nitrogens is 2. The molecular formula is C10H8N4. The van der Waals surface area contributed by atoms with E-state index < -0.39 is 0 Å². The predicted octanol–water partition coefficient (Wildman–Crippen LogP) is 1.34. The smallest absolute Gasteiger partial charge is 0.220 e. The molecule has 1 aliphatic heterocycles. The lowest BCUT2D eigenvalue weighted by Crippen LogP contribution is -2.12. The van der Waals surface area contributed by atoms with E-state index in [1.807, 2.05) is 24.3 Å². The van der Waals surface area contributed by atoms with Crippen LogP contribution in [0.3, 0.4) is 0 Å². The van der Waals surface area contributed by atoms with Gasteiger partial charge in [0.05, 0.1) is 17.6 Å². The molecule has 0 atom stereocenters. The molecule has 0 radical (unpaired) electrons. The molecule has 0 aliphatic carbocycles. The number of hydrogen-bond donors (Lipinski definition) is 0. The van der Waals surface area contributed by atoms with E-state index in [2.05, 4.69) is 15.7 Å². The molecule has 4 nitrogen and oxygen atoms in total. The zero-order valence-corrected chi connectivity index (χ0v) is 7.51. The van der Waals surface area contributed by atoms with Crippen LogP contribution in [0.1, 0.15) is 0 Å². The Balaban J connectivity index is 2.33. The quantitative estimate of drug-likeness (QED) is 0.580. The van der Waals surface area contributed by atoms with E-state index in [1.165, 1.54) is 0 Å².